The lowest BCUT2D eigenvalue weighted by Gasteiger charge is -2.25. The molecule has 3 rings (SSSR count). The van der Waals surface area contributed by atoms with Gasteiger partial charge in [-0.05, 0) is 37.3 Å². The number of hydrogen-bond acceptors (Lipinski definition) is 8. The van der Waals surface area contributed by atoms with E-state index < -0.39 is 11.9 Å². The number of rotatable bonds is 6. The quantitative estimate of drug-likeness (QED) is 0.708. The first-order valence-corrected chi connectivity index (χ1v) is 9.46. The van der Waals surface area contributed by atoms with E-state index in [9.17, 15) is 14.7 Å². The predicted molar refractivity (Wildman–Crippen MR) is 102 cm³/mol. The summed E-state index contributed by atoms with van der Waals surface area (Å²) in [4.78, 5) is 33.0. The maximum absolute atomic E-state index is 12.7. The van der Waals surface area contributed by atoms with Crippen LogP contribution in [0.5, 0.6) is 5.75 Å². The zero-order valence-electron chi connectivity index (χ0n) is 16.6. The van der Waals surface area contributed by atoms with E-state index in [-0.39, 0.29) is 23.9 Å². The molecule has 0 saturated carbocycles. The maximum Gasteiger partial charge on any atom is 0.335 e. The first-order chi connectivity index (χ1) is 13.9. The number of nitrogens with zero attached hydrogens (tertiary/aromatic N) is 3. The highest BCUT2D eigenvalue weighted by Crippen LogP contribution is 2.28. The smallest absolute Gasteiger partial charge is 0.335 e. The molecule has 1 unspecified atom stereocenters. The lowest BCUT2D eigenvalue weighted by molar-refractivity contribution is -0.136. The topological polar surface area (TPSA) is 127 Å². The normalized spacial score (nSPS) is 17.7. The molecule has 2 atom stereocenters. The van der Waals surface area contributed by atoms with E-state index in [1.165, 1.54) is 19.4 Å². The Morgan fingerprint density at radius 2 is 2.21 bits per heavy atom. The Morgan fingerprint density at radius 3 is 2.90 bits per heavy atom. The molecule has 9 heteroatoms. The molecule has 0 aliphatic heterocycles. The predicted octanol–water partition coefficient (Wildman–Crippen LogP) is 2.38. The molecular formula is C20H24N4O5. The number of carbonyl (C=O) groups excluding carboxylic acids is 2. The zero-order chi connectivity index (χ0) is 21.0. The average Bonchev–Trinajstić information content (AvgIpc) is 3.16. The number of esters is 1. The SMILES string of the molecule is COC(=O)C1=C(NC(=O)C(C)Cc2nc(-c3ccc(O)cn3)no2)C[C@@H](C)CC1. The average molecular weight is 400 g/mol. The van der Waals surface area contributed by atoms with Gasteiger partial charge in [0.2, 0.25) is 17.6 Å². The third kappa shape index (κ3) is 4.98. The second kappa shape index (κ2) is 8.85. The Hall–Kier alpha value is -3.23. The maximum atomic E-state index is 12.7. The Bertz CT molecular complexity index is 919. The van der Waals surface area contributed by atoms with E-state index in [1.807, 2.05) is 0 Å². The molecule has 0 spiro atoms. The van der Waals surface area contributed by atoms with Gasteiger partial charge in [-0.25, -0.2) is 9.78 Å². The highest BCUT2D eigenvalue weighted by Gasteiger charge is 2.26. The summed E-state index contributed by atoms with van der Waals surface area (Å²) in [7, 11) is 1.34. The third-order valence-electron chi connectivity index (χ3n) is 4.88. The van der Waals surface area contributed by atoms with Crippen molar-refractivity contribution < 1.29 is 24.0 Å². The van der Waals surface area contributed by atoms with Crippen molar-refractivity contribution >= 4 is 11.9 Å². The molecule has 2 heterocycles. The van der Waals surface area contributed by atoms with Gasteiger partial charge in [-0.1, -0.05) is 19.0 Å². The van der Waals surface area contributed by atoms with Gasteiger partial charge < -0.3 is 19.7 Å². The molecule has 2 aromatic heterocycles. The standard InChI is InChI=1S/C20H24N4O5/c1-11-4-6-14(20(27)28-3)16(8-11)22-19(26)12(2)9-17-23-18(24-29-17)15-7-5-13(25)10-21-15/h5,7,10-12,25H,4,6,8-9H2,1-3H3,(H,22,26)/t11-,12?/m0/s1. The van der Waals surface area contributed by atoms with Gasteiger partial charge in [0, 0.05) is 18.0 Å². The minimum absolute atomic E-state index is 0.0421. The molecule has 0 bridgehead atoms. The van der Waals surface area contributed by atoms with E-state index in [2.05, 4.69) is 27.4 Å². The van der Waals surface area contributed by atoms with Gasteiger partial charge in [0.15, 0.2) is 0 Å². The van der Waals surface area contributed by atoms with Crippen LogP contribution in [0.3, 0.4) is 0 Å². The molecule has 154 valence electrons. The van der Waals surface area contributed by atoms with Crippen molar-refractivity contribution in [3.63, 3.8) is 0 Å². The van der Waals surface area contributed by atoms with Crippen LogP contribution in [0.15, 0.2) is 34.1 Å². The molecule has 0 fully saturated rings. The van der Waals surface area contributed by atoms with Crippen molar-refractivity contribution in [2.75, 3.05) is 7.11 Å². The van der Waals surface area contributed by atoms with E-state index in [1.54, 1.807) is 13.0 Å². The van der Waals surface area contributed by atoms with Crippen molar-refractivity contribution in [2.24, 2.45) is 11.8 Å². The minimum atomic E-state index is -0.445. The molecule has 0 saturated heterocycles. The summed E-state index contributed by atoms with van der Waals surface area (Å²) in [6.07, 6.45) is 3.63. The summed E-state index contributed by atoms with van der Waals surface area (Å²) in [5.74, 6) is -0.0626. The van der Waals surface area contributed by atoms with Gasteiger partial charge in [-0.15, -0.1) is 0 Å². The number of methoxy groups -OCH3 is 1. The number of hydrogen-bond donors (Lipinski definition) is 2. The van der Waals surface area contributed by atoms with Gasteiger partial charge >= 0.3 is 5.97 Å². The number of carbonyl (C=O) groups is 2. The van der Waals surface area contributed by atoms with Crippen LogP contribution in [0.2, 0.25) is 0 Å². The Kier molecular flexibility index (Phi) is 6.26. The first-order valence-electron chi connectivity index (χ1n) is 9.46. The number of aromatic hydroxyl groups is 1. The second-order valence-electron chi connectivity index (χ2n) is 7.30. The number of nitrogens with one attached hydrogen (secondary N) is 1. The first kappa shape index (κ1) is 20.5. The van der Waals surface area contributed by atoms with Gasteiger partial charge in [0.1, 0.15) is 11.4 Å². The van der Waals surface area contributed by atoms with Crippen LogP contribution in [-0.2, 0) is 20.7 Å². The number of aromatic nitrogens is 3. The largest absolute Gasteiger partial charge is 0.506 e. The van der Waals surface area contributed by atoms with Crippen LogP contribution in [0.25, 0.3) is 11.5 Å². The van der Waals surface area contributed by atoms with E-state index in [0.717, 1.165) is 6.42 Å². The molecule has 0 radical (unpaired) electrons. The molecular weight excluding hydrogens is 376 g/mol. The lowest BCUT2D eigenvalue weighted by Crippen LogP contribution is -2.33. The fourth-order valence-electron chi connectivity index (χ4n) is 3.18. The molecule has 9 nitrogen and oxygen atoms in total. The van der Waals surface area contributed by atoms with Crippen LogP contribution >= 0.6 is 0 Å². The van der Waals surface area contributed by atoms with E-state index in [4.69, 9.17) is 9.26 Å². The van der Waals surface area contributed by atoms with Crippen LogP contribution in [0.1, 0.15) is 39.0 Å². The van der Waals surface area contributed by atoms with Crippen molar-refractivity contribution in [3.8, 4) is 17.3 Å². The number of allylic oxidation sites excluding steroid dienone is 1. The second-order valence-corrected chi connectivity index (χ2v) is 7.30. The summed E-state index contributed by atoms with van der Waals surface area (Å²) in [6, 6.07) is 3.05. The highest BCUT2D eigenvalue weighted by atomic mass is 16.5. The summed E-state index contributed by atoms with van der Waals surface area (Å²) >= 11 is 0. The van der Waals surface area contributed by atoms with Gasteiger partial charge in [0.25, 0.3) is 0 Å². The zero-order valence-corrected chi connectivity index (χ0v) is 16.6. The molecule has 29 heavy (non-hydrogen) atoms. The van der Waals surface area contributed by atoms with Gasteiger partial charge in [0.05, 0.1) is 18.9 Å². The summed E-state index contributed by atoms with van der Waals surface area (Å²) in [6.45, 7) is 3.84. The number of pyridine rings is 1. The lowest BCUT2D eigenvalue weighted by atomic mass is 9.88. The van der Waals surface area contributed by atoms with Gasteiger partial charge in [-0.3, -0.25) is 4.79 Å². The number of amides is 1. The van der Waals surface area contributed by atoms with Gasteiger partial charge in [-0.2, -0.15) is 4.98 Å². The van der Waals surface area contributed by atoms with E-state index >= 15 is 0 Å². The van der Waals surface area contributed by atoms with E-state index in [0.29, 0.717) is 41.6 Å². The van der Waals surface area contributed by atoms with Crippen LogP contribution in [0, 0.1) is 11.8 Å². The van der Waals surface area contributed by atoms with Crippen molar-refractivity contribution in [2.45, 2.75) is 39.5 Å². The number of ether oxygens (including phenoxy) is 1. The molecule has 1 amide bonds. The minimum Gasteiger partial charge on any atom is -0.506 e. The fourth-order valence-corrected chi connectivity index (χ4v) is 3.18. The Labute approximate surface area is 168 Å². The molecule has 2 aromatic rings. The highest BCUT2D eigenvalue weighted by molar-refractivity contribution is 5.91. The van der Waals surface area contributed by atoms with Crippen molar-refractivity contribution in [1.29, 1.82) is 0 Å². The fraction of sp³-hybridized carbons (Fsp3) is 0.450. The molecule has 1 aliphatic rings. The van der Waals surface area contributed by atoms with Crippen molar-refractivity contribution in [3.05, 3.63) is 35.5 Å². The Morgan fingerprint density at radius 1 is 1.41 bits per heavy atom. The monoisotopic (exact) mass is 400 g/mol. The Balaban J connectivity index is 1.67. The molecule has 2 N–H and O–H groups in total. The summed E-state index contributed by atoms with van der Waals surface area (Å²) in [5, 5.41) is 16.1. The molecule has 1 aliphatic carbocycles. The van der Waals surface area contributed by atoms with Crippen LogP contribution < -0.4 is 5.32 Å². The molecule has 0 aromatic carbocycles. The summed E-state index contributed by atoms with van der Waals surface area (Å²) < 4.78 is 10.1. The van der Waals surface area contributed by atoms with Crippen molar-refractivity contribution in [1.82, 2.24) is 20.4 Å². The summed E-state index contributed by atoms with van der Waals surface area (Å²) in [5.41, 5.74) is 1.62. The third-order valence-corrected chi connectivity index (χ3v) is 4.88. The van der Waals surface area contributed by atoms with Crippen LogP contribution in [-0.4, -0.2) is 39.2 Å². The van der Waals surface area contributed by atoms with Crippen LogP contribution in [0.4, 0.5) is 0 Å².